The molecule has 1 amide bonds. The van der Waals surface area contributed by atoms with Crippen LogP contribution < -0.4 is 15.0 Å². The Balaban J connectivity index is 1.69. The standard InChI is InChI=1S/C29H33BrN4O5/c1-5-7-21-14-20(15-25(37-4)27(21)39-18-26(35)33-10-12-38-13-11-33)17-31-34-28(19(3)6-2)32-24-9-8-22(30)16-23(24)29(34)36/h5,8-9,14-17,19H,1,6-7,10-13,18H2,2-4H3/t19-/m1/s1. The van der Waals surface area contributed by atoms with E-state index in [9.17, 15) is 9.59 Å². The zero-order valence-electron chi connectivity index (χ0n) is 22.5. The van der Waals surface area contributed by atoms with Gasteiger partial charge in [-0.3, -0.25) is 9.59 Å². The number of ether oxygens (including phenoxy) is 3. The minimum absolute atomic E-state index is 0.0218. The average Bonchev–Trinajstić information content (AvgIpc) is 2.96. The molecular formula is C29H33BrN4O5. The summed E-state index contributed by atoms with van der Waals surface area (Å²) in [6, 6.07) is 9.11. The van der Waals surface area contributed by atoms with Crippen molar-refractivity contribution in [1.82, 2.24) is 14.6 Å². The molecule has 39 heavy (non-hydrogen) atoms. The molecule has 9 nitrogen and oxygen atoms in total. The van der Waals surface area contributed by atoms with Crippen LogP contribution in [0.4, 0.5) is 0 Å². The van der Waals surface area contributed by atoms with Crippen molar-refractivity contribution < 1.29 is 19.0 Å². The molecule has 0 bridgehead atoms. The van der Waals surface area contributed by atoms with Crippen LogP contribution in [-0.4, -0.2) is 66.7 Å². The molecule has 0 N–H and O–H groups in total. The van der Waals surface area contributed by atoms with Gasteiger partial charge in [-0.15, -0.1) is 6.58 Å². The van der Waals surface area contributed by atoms with Crippen LogP contribution in [0.5, 0.6) is 11.5 Å². The van der Waals surface area contributed by atoms with Crippen LogP contribution in [-0.2, 0) is 16.0 Å². The largest absolute Gasteiger partial charge is 0.493 e. The number of halogens is 1. The number of allylic oxidation sites excluding steroid dienone is 1. The molecule has 0 saturated carbocycles. The summed E-state index contributed by atoms with van der Waals surface area (Å²) in [5.41, 5.74) is 1.88. The molecule has 10 heteroatoms. The van der Waals surface area contributed by atoms with Gasteiger partial charge in [0.2, 0.25) is 0 Å². The molecule has 0 radical (unpaired) electrons. The van der Waals surface area contributed by atoms with E-state index < -0.39 is 0 Å². The maximum Gasteiger partial charge on any atom is 0.282 e. The van der Waals surface area contributed by atoms with Crippen molar-refractivity contribution in [2.45, 2.75) is 32.6 Å². The van der Waals surface area contributed by atoms with Gasteiger partial charge in [-0.1, -0.05) is 35.9 Å². The molecule has 0 aliphatic carbocycles. The zero-order valence-corrected chi connectivity index (χ0v) is 24.1. The van der Waals surface area contributed by atoms with E-state index in [1.165, 1.54) is 4.68 Å². The maximum absolute atomic E-state index is 13.5. The van der Waals surface area contributed by atoms with Gasteiger partial charge in [0.25, 0.3) is 11.5 Å². The topological polar surface area (TPSA) is 95.2 Å². The van der Waals surface area contributed by atoms with Gasteiger partial charge in [-0.05, 0) is 48.7 Å². The van der Waals surface area contributed by atoms with Crippen LogP contribution in [0.15, 0.2) is 57.4 Å². The highest BCUT2D eigenvalue weighted by Gasteiger charge is 2.20. The van der Waals surface area contributed by atoms with E-state index >= 15 is 0 Å². The lowest BCUT2D eigenvalue weighted by molar-refractivity contribution is -0.137. The van der Waals surface area contributed by atoms with Gasteiger partial charge in [0.1, 0.15) is 5.82 Å². The summed E-state index contributed by atoms with van der Waals surface area (Å²) in [7, 11) is 1.54. The first-order valence-corrected chi connectivity index (χ1v) is 13.7. The highest BCUT2D eigenvalue weighted by atomic mass is 79.9. The summed E-state index contributed by atoms with van der Waals surface area (Å²) in [5, 5.41) is 5.05. The van der Waals surface area contributed by atoms with Crippen molar-refractivity contribution in [3.8, 4) is 11.5 Å². The summed E-state index contributed by atoms with van der Waals surface area (Å²) >= 11 is 3.44. The smallest absolute Gasteiger partial charge is 0.282 e. The number of carbonyl (C=O) groups excluding carboxylic acids is 1. The molecule has 2 heterocycles. The number of nitrogens with zero attached hydrogens (tertiary/aromatic N) is 4. The van der Waals surface area contributed by atoms with Crippen LogP contribution in [0.3, 0.4) is 0 Å². The van der Waals surface area contributed by atoms with Gasteiger partial charge in [-0.2, -0.15) is 9.78 Å². The molecule has 2 aromatic carbocycles. The number of fused-ring (bicyclic) bond motifs is 1. The zero-order chi connectivity index (χ0) is 27.9. The summed E-state index contributed by atoms with van der Waals surface area (Å²) < 4.78 is 19.1. The fourth-order valence-corrected chi connectivity index (χ4v) is 4.68. The molecule has 1 aliphatic heterocycles. The maximum atomic E-state index is 13.5. The molecule has 1 aliphatic rings. The third-order valence-electron chi connectivity index (χ3n) is 6.65. The summed E-state index contributed by atoms with van der Waals surface area (Å²) in [5.74, 6) is 1.44. The van der Waals surface area contributed by atoms with E-state index in [1.807, 2.05) is 32.0 Å². The molecule has 1 saturated heterocycles. The lowest BCUT2D eigenvalue weighted by Gasteiger charge is -2.27. The Morgan fingerprint density at radius 1 is 1.28 bits per heavy atom. The van der Waals surface area contributed by atoms with Crippen molar-refractivity contribution in [1.29, 1.82) is 0 Å². The summed E-state index contributed by atoms with van der Waals surface area (Å²) in [6.07, 6.45) is 4.65. The Morgan fingerprint density at radius 3 is 2.74 bits per heavy atom. The van der Waals surface area contributed by atoms with Crippen molar-refractivity contribution in [2.75, 3.05) is 40.0 Å². The number of morpholine rings is 1. The minimum atomic E-state index is -0.243. The van der Waals surface area contributed by atoms with Crippen LogP contribution in [0.2, 0.25) is 0 Å². The normalized spacial score (nSPS) is 14.5. The number of methoxy groups -OCH3 is 1. The number of hydrogen-bond donors (Lipinski definition) is 0. The number of benzene rings is 2. The number of aromatic nitrogens is 2. The monoisotopic (exact) mass is 596 g/mol. The lowest BCUT2D eigenvalue weighted by Crippen LogP contribution is -2.43. The van der Waals surface area contributed by atoms with Gasteiger partial charge in [0, 0.05) is 29.0 Å². The Morgan fingerprint density at radius 2 is 2.05 bits per heavy atom. The lowest BCUT2D eigenvalue weighted by atomic mass is 10.1. The molecule has 0 unspecified atom stereocenters. The predicted octanol–water partition coefficient (Wildman–Crippen LogP) is 4.53. The molecule has 1 atom stereocenters. The van der Waals surface area contributed by atoms with E-state index in [0.29, 0.717) is 66.5 Å². The van der Waals surface area contributed by atoms with Crippen LogP contribution >= 0.6 is 15.9 Å². The molecular weight excluding hydrogens is 564 g/mol. The second-order valence-corrected chi connectivity index (χ2v) is 10.2. The van der Waals surface area contributed by atoms with E-state index in [0.717, 1.165) is 16.5 Å². The first-order chi connectivity index (χ1) is 18.9. The Hall–Kier alpha value is -3.50. The molecule has 1 aromatic heterocycles. The number of hydrogen-bond acceptors (Lipinski definition) is 7. The van der Waals surface area contributed by atoms with E-state index in [4.69, 9.17) is 19.2 Å². The Kier molecular flexibility index (Phi) is 9.53. The second-order valence-electron chi connectivity index (χ2n) is 9.29. The van der Waals surface area contributed by atoms with E-state index in [2.05, 4.69) is 27.6 Å². The van der Waals surface area contributed by atoms with Crippen molar-refractivity contribution in [3.05, 3.63) is 74.8 Å². The number of carbonyl (C=O) groups is 1. The highest BCUT2D eigenvalue weighted by molar-refractivity contribution is 9.10. The first kappa shape index (κ1) is 28.5. The van der Waals surface area contributed by atoms with Crippen molar-refractivity contribution >= 4 is 39.0 Å². The molecule has 1 fully saturated rings. The van der Waals surface area contributed by atoms with Gasteiger partial charge >= 0.3 is 0 Å². The van der Waals surface area contributed by atoms with Gasteiger partial charge in [-0.25, -0.2) is 4.98 Å². The Labute approximate surface area is 236 Å². The predicted molar refractivity (Wildman–Crippen MR) is 155 cm³/mol. The number of rotatable bonds is 10. The third-order valence-corrected chi connectivity index (χ3v) is 7.14. The number of amides is 1. The summed E-state index contributed by atoms with van der Waals surface area (Å²) in [4.78, 5) is 32.6. The van der Waals surface area contributed by atoms with E-state index in [1.54, 1.807) is 36.4 Å². The fourth-order valence-electron chi connectivity index (χ4n) is 4.32. The molecule has 206 valence electrons. The van der Waals surface area contributed by atoms with Crippen molar-refractivity contribution in [3.63, 3.8) is 0 Å². The van der Waals surface area contributed by atoms with Crippen LogP contribution in [0.25, 0.3) is 10.9 Å². The molecule has 4 rings (SSSR count). The van der Waals surface area contributed by atoms with E-state index in [-0.39, 0.29) is 24.0 Å². The highest BCUT2D eigenvalue weighted by Crippen LogP contribution is 2.33. The Bertz CT molecular complexity index is 1450. The van der Waals surface area contributed by atoms with Gasteiger partial charge < -0.3 is 19.1 Å². The average molecular weight is 598 g/mol. The molecule has 0 spiro atoms. The quantitative estimate of drug-likeness (QED) is 0.252. The third kappa shape index (κ3) is 6.57. The second kappa shape index (κ2) is 13.0. The first-order valence-electron chi connectivity index (χ1n) is 12.9. The minimum Gasteiger partial charge on any atom is -0.493 e. The van der Waals surface area contributed by atoms with Gasteiger partial charge in [0.05, 0.1) is 37.4 Å². The SMILES string of the molecule is C=CCc1cc(C=Nn2c([C@H](C)CC)nc3ccc(Br)cc3c2=O)cc(OC)c1OCC(=O)N1CCOCC1. The molecule has 3 aromatic rings. The fraction of sp³-hybridized carbons (Fsp3) is 0.379. The summed E-state index contributed by atoms with van der Waals surface area (Å²) in [6.45, 7) is 9.96. The van der Waals surface area contributed by atoms with Gasteiger partial charge in [0.15, 0.2) is 18.1 Å². The van der Waals surface area contributed by atoms with Crippen LogP contribution in [0.1, 0.15) is 43.1 Å². The van der Waals surface area contributed by atoms with Crippen LogP contribution in [0, 0.1) is 0 Å². The van der Waals surface area contributed by atoms with Crippen molar-refractivity contribution in [2.24, 2.45) is 5.10 Å².